The number of non-ortho nitro benzene ring substituents is 1. The molecule has 12 nitrogen and oxygen atoms in total. The second kappa shape index (κ2) is 12.4. The van der Waals surface area contributed by atoms with Gasteiger partial charge in [-0.2, -0.15) is 9.78 Å². The Morgan fingerprint density at radius 2 is 1.98 bits per heavy atom. The number of carbonyl (C=O) groups excluding carboxylic acids is 1. The van der Waals surface area contributed by atoms with Crippen LogP contribution in [0.1, 0.15) is 53.9 Å². The van der Waals surface area contributed by atoms with Gasteiger partial charge in [-0.1, -0.05) is 26.0 Å². The molecule has 220 valence electrons. The van der Waals surface area contributed by atoms with Gasteiger partial charge in [0.25, 0.3) is 11.6 Å². The molecule has 2 aromatic carbocycles. The molecular weight excluding hydrogens is 550 g/mol. The summed E-state index contributed by atoms with van der Waals surface area (Å²) in [5, 5.41) is 19.0. The van der Waals surface area contributed by atoms with Gasteiger partial charge >= 0.3 is 0 Å². The highest BCUT2D eigenvalue weighted by Crippen LogP contribution is 2.36. The van der Waals surface area contributed by atoms with Crippen molar-refractivity contribution in [2.75, 3.05) is 19.7 Å². The fourth-order valence-corrected chi connectivity index (χ4v) is 5.74. The van der Waals surface area contributed by atoms with Crippen LogP contribution in [0.5, 0.6) is 11.6 Å². The van der Waals surface area contributed by atoms with Gasteiger partial charge in [0.2, 0.25) is 15.9 Å². The molecule has 0 bridgehead atoms. The van der Waals surface area contributed by atoms with Crippen molar-refractivity contribution in [1.82, 2.24) is 19.8 Å². The van der Waals surface area contributed by atoms with Gasteiger partial charge in [0.1, 0.15) is 10.6 Å². The summed E-state index contributed by atoms with van der Waals surface area (Å²) in [5.41, 5.74) is 2.47. The van der Waals surface area contributed by atoms with Gasteiger partial charge < -0.3 is 14.8 Å². The Morgan fingerprint density at radius 1 is 1.22 bits per heavy atom. The molecule has 0 unspecified atom stereocenters. The van der Waals surface area contributed by atoms with Crippen LogP contribution in [0.4, 0.5) is 5.69 Å². The number of ether oxygens (including phenoxy) is 2. The number of sulfonamides is 1. The summed E-state index contributed by atoms with van der Waals surface area (Å²) in [6.45, 7) is 10.2. The van der Waals surface area contributed by atoms with E-state index in [0.717, 1.165) is 30.0 Å². The minimum atomic E-state index is -4.20. The van der Waals surface area contributed by atoms with Gasteiger partial charge in [-0.3, -0.25) is 14.9 Å². The van der Waals surface area contributed by atoms with E-state index in [1.54, 1.807) is 6.92 Å². The van der Waals surface area contributed by atoms with Crippen molar-refractivity contribution in [3.05, 3.63) is 68.9 Å². The smallest absolute Gasteiger partial charge is 0.272 e. The van der Waals surface area contributed by atoms with E-state index in [9.17, 15) is 23.3 Å². The second-order valence-corrected chi connectivity index (χ2v) is 12.3. The monoisotopic (exact) mass is 585 g/mol. The summed E-state index contributed by atoms with van der Waals surface area (Å²) in [7, 11) is -4.20. The first-order valence-corrected chi connectivity index (χ1v) is 14.9. The summed E-state index contributed by atoms with van der Waals surface area (Å²) < 4.78 is 42.3. The molecule has 0 radical (unpaired) electrons. The number of nitrogens with one attached hydrogen (secondary N) is 2. The predicted octanol–water partition coefficient (Wildman–Crippen LogP) is 4.34. The third-order valence-corrected chi connectivity index (χ3v) is 8.15. The normalized spacial score (nSPS) is 15.3. The van der Waals surface area contributed by atoms with Crippen LogP contribution in [-0.4, -0.2) is 54.8 Å². The van der Waals surface area contributed by atoms with Gasteiger partial charge in [-0.15, -0.1) is 0 Å². The summed E-state index contributed by atoms with van der Waals surface area (Å²) in [4.78, 5) is 23.7. The molecule has 1 saturated heterocycles. The van der Waals surface area contributed by atoms with E-state index in [0.29, 0.717) is 24.4 Å². The van der Waals surface area contributed by atoms with Gasteiger partial charge in [0.15, 0.2) is 5.69 Å². The molecule has 1 atom stereocenters. The van der Waals surface area contributed by atoms with Crippen molar-refractivity contribution < 1.29 is 27.6 Å². The van der Waals surface area contributed by atoms with Crippen LogP contribution in [0.25, 0.3) is 5.69 Å². The number of aryl methyl sites for hydroxylation is 2. The fourth-order valence-electron chi connectivity index (χ4n) is 4.39. The van der Waals surface area contributed by atoms with Gasteiger partial charge in [0, 0.05) is 37.4 Å². The van der Waals surface area contributed by atoms with Crippen molar-refractivity contribution in [3.8, 4) is 17.3 Å². The van der Waals surface area contributed by atoms with Gasteiger partial charge in [0.05, 0.1) is 16.7 Å². The highest BCUT2D eigenvalue weighted by Gasteiger charge is 2.29. The van der Waals surface area contributed by atoms with E-state index >= 15 is 0 Å². The van der Waals surface area contributed by atoms with E-state index in [2.05, 4.69) is 15.1 Å². The zero-order chi connectivity index (χ0) is 29.9. The maximum atomic E-state index is 13.3. The van der Waals surface area contributed by atoms with E-state index in [1.807, 2.05) is 45.9 Å². The number of rotatable bonds is 11. The molecule has 0 aliphatic carbocycles. The molecule has 1 aliphatic heterocycles. The van der Waals surface area contributed by atoms with Crippen LogP contribution < -0.4 is 14.8 Å². The number of aromatic nitrogens is 2. The first-order valence-electron chi connectivity index (χ1n) is 13.4. The number of nitrogens with zero attached hydrogens (tertiary/aromatic N) is 3. The molecule has 0 saturated carbocycles. The maximum absolute atomic E-state index is 13.3. The molecular formula is C28H35N5O7S. The molecule has 3 aromatic rings. The number of carbonyl (C=O) groups is 1. The first-order chi connectivity index (χ1) is 19.4. The quantitative estimate of drug-likeness (QED) is 0.249. The van der Waals surface area contributed by atoms with Crippen LogP contribution >= 0.6 is 0 Å². The number of amides is 1. The minimum absolute atomic E-state index is 0.00323. The Balaban J connectivity index is 1.81. The molecule has 41 heavy (non-hydrogen) atoms. The molecule has 2 N–H and O–H groups in total. The third kappa shape index (κ3) is 6.92. The summed E-state index contributed by atoms with van der Waals surface area (Å²) >= 11 is 0. The van der Waals surface area contributed by atoms with Crippen LogP contribution in [0.2, 0.25) is 0 Å². The van der Waals surface area contributed by atoms with Crippen molar-refractivity contribution in [1.29, 1.82) is 0 Å². The summed E-state index contributed by atoms with van der Waals surface area (Å²) in [6.07, 6.45) is 1.72. The highest BCUT2D eigenvalue weighted by molar-refractivity contribution is 7.89. The predicted molar refractivity (Wildman–Crippen MR) is 152 cm³/mol. The lowest BCUT2D eigenvalue weighted by Crippen LogP contribution is -2.32. The van der Waals surface area contributed by atoms with Gasteiger partial charge in [-0.05, 0) is 62.8 Å². The maximum Gasteiger partial charge on any atom is 0.272 e. The first kappa shape index (κ1) is 30.2. The molecule has 1 aliphatic rings. The average Bonchev–Trinajstić information content (AvgIpc) is 3.56. The summed E-state index contributed by atoms with van der Waals surface area (Å²) in [6, 6.07) is 9.08. The minimum Gasteiger partial charge on any atom is -0.437 e. The number of nitro groups is 1. The molecule has 1 fully saturated rings. The lowest BCUT2D eigenvalue weighted by atomic mass is 10.1. The Bertz CT molecular complexity index is 1560. The third-order valence-electron chi connectivity index (χ3n) is 6.71. The fraction of sp³-hybridized carbons (Fsp3) is 0.429. The highest BCUT2D eigenvalue weighted by atomic mass is 32.2. The molecule has 2 heterocycles. The Kier molecular flexibility index (Phi) is 9.10. The Hall–Kier alpha value is -3.81. The van der Waals surface area contributed by atoms with E-state index < -0.39 is 31.4 Å². The van der Waals surface area contributed by atoms with Crippen molar-refractivity contribution >= 4 is 21.6 Å². The zero-order valence-corrected chi connectivity index (χ0v) is 24.6. The van der Waals surface area contributed by atoms with Crippen LogP contribution in [-0.2, 0) is 14.8 Å². The van der Waals surface area contributed by atoms with E-state index in [1.165, 1.54) is 16.8 Å². The van der Waals surface area contributed by atoms with Gasteiger partial charge in [-0.25, -0.2) is 13.1 Å². The van der Waals surface area contributed by atoms with Crippen LogP contribution in [0.15, 0.2) is 41.3 Å². The zero-order valence-electron chi connectivity index (χ0n) is 23.8. The second-order valence-electron chi connectivity index (χ2n) is 10.6. The number of benzene rings is 2. The number of nitro benzene ring substituents is 1. The molecule has 1 aromatic heterocycles. The SMILES string of the molecule is Cc1ccc(C)c(-n2nc(C(=O)NC[C@H]3CCCO3)c(C)c2Oc2ccc([N+](=O)[O-])cc2S(=O)(=O)NCC(C)C)c1. The topological polar surface area (TPSA) is 155 Å². The molecule has 0 spiro atoms. The molecule has 4 rings (SSSR count). The molecule has 13 heteroatoms. The summed E-state index contributed by atoms with van der Waals surface area (Å²) in [5.74, 6) is -0.471. The number of hydrogen-bond donors (Lipinski definition) is 2. The lowest BCUT2D eigenvalue weighted by Gasteiger charge is -2.16. The number of hydrogen-bond acceptors (Lipinski definition) is 8. The van der Waals surface area contributed by atoms with Crippen LogP contribution in [0, 0.1) is 36.8 Å². The standard InChI is InChI=1S/C28H35N5O7S/c1-17(2)15-30-41(37,38)25-14-21(33(35)36)10-11-24(25)40-28-20(5)26(27(34)29-16-22-7-6-12-39-22)31-32(28)23-13-18(3)8-9-19(23)4/h8-11,13-14,17,22,30H,6-7,12,15-16H2,1-5H3,(H,29,34)/t22-/m1/s1. The van der Waals surface area contributed by atoms with Crippen molar-refractivity contribution in [3.63, 3.8) is 0 Å². The molecule has 1 amide bonds. The Labute approximate surface area is 239 Å². The van der Waals surface area contributed by atoms with Crippen molar-refractivity contribution in [2.45, 2.75) is 58.5 Å². The van der Waals surface area contributed by atoms with Crippen molar-refractivity contribution in [2.24, 2.45) is 5.92 Å². The van der Waals surface area contributed by atoms with Crippen LogP contribution in [0.3, 0.4) is 0 Å². The largest absolute Gasteiger partial charge is 0.437 e. The lowest BCUT2D eigenvalue weighted by molar-refractivity contribution is -0.385. The van der Waals surface area contributed by atoms with E-state index in [-0.39, 0.29) is 35.9 Å². The average molecular weight is 586 g/mol. The van der Waals surface area contributed by atoms with E-state index in [4.69, 9.17) is 9.47 Å². The Morgan fingerprint density at radius 3 is 2.63 bits per heavy atom.